The van der Waals surface area contributed by atoms with Gasteiger partial charge in [0.2, 0.25) is 0 Å². The summed E-state index contributed by atoms with van der Waals surface area (Å²) in [5.74, 6) is 1.13. The van der Waals surface area contributed by atoms with Crippen LogP contribution in [-0.4, -0.2) is 15.7 Å². The molecule has 2 heterocycles. The maximum absolute atomic E-state index is 12.6. The van der Waals surface area contributed by atoms with Gasteiger partial charge in [0.15, 0.2) is 5.76 Å². The van der Waals surface area contributed by atoms with Gasteiger partial charge in [-0.1, -0.05) is 23.7 Å². The van der Waals surface area contributed by atoms with Gasteiger partial charge in [-0.05, 0) is 76.4 Å². The van der Waals surface area contributed by atoms with Gasteiger partial charge in [-0.15, -0.1) is 0 Å². The molecule has 2 aromatic carbocycles. The molecule has 0 aliphatic heterocycles. The van der Waals surface area contributed by atoms with Crippen molar-refractivity contribution in [2.75, 3.05) is 5.32 Å². The largest absolute Gasteiger partial charge is 0.486 e. The number of aryl methyl sites for hydroxylation is 1. The summed E-state index contributed by atoms with van der Waals surface area (Å²) in [7, 11) is 0. The van der Waals surface area contributed by atoms with Gasteiger partial charge in [-0.2, -0.15) is 5.10 Å². The third-order valence-corrected chi connectivity index (χ3v) is 5.36. The number of hydrogen-bond donors (Lipinski definition) is 1. The highest BCUT2D eigenvalue weighted by Gasteiger charge is 2.12. The quantitative estimate of drug-likeness (QED) is 0.334. The number of nitrogens with zero attached hydrogens (tertiary/aromatic N) is 2. The van der Waals surface area contributed by atoms with Crippen molar-refractivity contribution in [3.63, 3.8) is 0 Å². The summed E-state index contributed by atoms with van der Waals surface area (Å²) in [6.45, 7) is 2.72. The molecular formula is C23H19BrClN3O3. The van der Waals surface area contributed by atoms with Crippen molar-refractivity contribution in [1.29, 1.82) is 0 Å². The van der Waals surface area contributed by atoms with Gasteiger partial charge < -0.3 is 14.5 Å². The van der Waals surface area contributed by atoms with Crippen LogP contribution < -0.4 is 10.1 Å². The van der Waals surface area contributed by atoms with Crippen LogP contribution in [0.1, 0.15) is 27.4 Å². The molecule has 0 radical (unpaired) electrons. The summed E-state index contributed by atoms with van der Waals surface area (Å²) in [4.78, 5) is 12.6. The molecular weight excluding hydrogens is 482 g/mol. The lowest BCUT2D eigenvalue weighted by Crippen LogP contribution is -2.11. The highest BCUT2D eigenvalue weighted by atomic mass is 79.9. The zero-order chi connectivity index (χ0) is 21.8. The first-order valence-corrected chi connectivity index (χ1v) is 10.7. The van der Waals surface area contributed by atoms with E-state index in [1.165, 1.54) is 0 Å². The molecule has 0 unspecified atom stereocenters. The molecule has 1 amide bonds. The second-order valence-corrected chi connectivity index (χ2v) is 8.30. The number of carbonyl (C=O) groups is 1. The molecule has 0 atom stereocenters. The second kappa shape index (κ2) is 9.41. The summed E-state index contributed by atoms with van der Waals surface area (Å²) in [5.41, 5.74) is 2.63. The lowest BCUT2D eigenvalue weighted by Gasteiger charge is -2.07. The van der Waals surface area contributed by atoms with E-state index < -0.39 is 0 Å². The monoisotopic (exact) mass is 499 g/mol. The Morgan fingerprint density at radius 3 is 2.87 bits per heavy atom. The van der Waals surface area contributed by atoms with Crippen LogP contribution in [0.3, 0.4) is 0 Å². The first-order valence-electron chi connectivity index (χ1n) is 9.52. The normalized spacial score (nSPS) is 10.8. The Labute approximate surface area is 192 Å². The predicted octanol–water partition coefficient (Wildman–Crippen LogP) is 6.08. The smallest absolute Gasteiger partial charge is 0.291 e. The Balaban J connectivity index is 1.36. The third kappa shape index (κ3) is 5.57. The SMILES string of the molecule is Cc1cc(OCc2ccc(C(=O)Nc3cccc(Cn4cc(Br)cn4)c3)o2)ccc1Cl. The maximum Gasteiger partial charge on any atom is 0.291 e. The number of carbonyl (C=O) groups excluding carboxylic acids is 1. The van der Waals surface area contributed by atoms with Crippen molar-refractivity contribution in [2.24, 2.45) is 0 Å². The van der Waals surface area contributed by atoms with Crippen molar-refractivity contribution in [3.8, 4) is 5.75 Å². The number of rotatable bonds is 7. The maximum atomic E-state index is 12.6. The van der Waals surface area contributed by atoms with Crippen LogP contribution in [0.4, 0.5) is 5.69 Å². The number of aromatic nitrogens is 2. The van der Waals surface area contributed by atoms with E-state index in [1.54, 1.807) is 30.5 Å². The minimum Gasteiger partial charge on any atom is -0.486 e. The highest BCUT2D eigenvalue weighted by molar-refractivity contribution is 9.10. The zero-order valence-corrected chi connectivity index (χ0v) is 19.0. The fraction of sp³-hybridized carbons (Fsp3) is 0.130. The van der Waals surface area contributed by atoms with Crippen LogP contribution in [-0.2, 0) is 13.2 Å². The van der Waals surface area contributed by atoms with Crippen LogP contribution in [0.15, 0.2) is 75.9 Å². The summed E-state index contributed by atoms with van der Waals surface area (Å²) in [5, 5.41) is 7.80. The molecule has 0 saturated carbocycles. The molecule has 2 aromatic heterocycles. The minimum atomic E-state index is -0.326. The third-order valence-electron chi connectivity index (χ3n) is 4.53. The lowest BCUT2D eigenvalue weighted by atomic mass is 10.2. The second-order valence-electron chi connectivity index (χ2n) is 6.98. The van der Waals surface area contributed by atoms with E-state index in [-0.39, 0.29) is 18.3 Å². The van der Waals surface area contributed by atoms with Gasteiger partial charge in [0.25, 0.3) is 5.91 Å². The molecule has 1 N–H and O–H groups in total. The molecule has 0 aliphatic rings. The molecule has 31 heavy (non-hydrogen) atoms. The van der Waals surface area contributed by atoms with E-state index in [0.29, 0.717) is 28.8 Å². The van der Waals surface area contributed by atoms with Crippen LogP contribution in [0, 0.1) is 6.92 Å². The van der Waals surface area contributed by atoms with E-state index in [2.05, 4.69) is 26.3 Å². The standard InChI is InChI=1S/C23H19BrClN3O3/c1-15-9-19(5-7-21(15)25)30-14-20-6-8-22(31-20)23(29)27-18-4-2-3-16(10-18)12-28-13-17(24)11-26-28/h2-11,13H,12,14H2,1H3,(H,27,29). The Morgan fingerprint density at radius 2 is 2.10 bits per heavy atom. The highest BCUT2D eigenvalue weighted by Crippen LogP contribution is 2.22. The average molecular weight is 501 g/mol. The summed E-state index contributed by atoms with van der Waals surface area (Å²) >= 11 is 9.41. The van der Waals surface area contributed by atoms with Crippen molar-refractivity contribution in [3.05, 3.63) is 99.1 Å². The van der Waals surface area contributed by atoms with Gasteiger partial charge in [-0.3, -0.25) is 9.48 Å². The number of furan rings is 1. The molecule has 8 heteroatoms. The predicted molar refractivity (Wildman–Crippen MR) is 123 cm³/mol. The van der Waals surface area contributed by atoms with E-state index >= 15 is 0 Å². The molecule has 4 rings (SSSR count). The van der Waals surface area contributed by atoms with Crippen LogP contribution in [0.25, 0.3) is 0 Å². The molecule has 0 spiro atoms. The Kier molecular flexibility index (Phi) is 6.44. The van der Waals surface area contributed by atoms with E-state index in [9.17, 15) is 4.79 Å². The first-order chi connectivity index (χ1) is 15.0. The molecule has 0 fully saturated rings. The van der Waals surface area contributed by atoms with Crippen molar-refractivity contribution >= 4 is 39.1 Å². The van der Waals surface area contributed by atoms with E-state index in [0.717, 1.165) is 15.6 Å². The fourth-order valence-corrected chi connectivity index (χ4v) is 3.44. The number of benzene rings is 2. The molecule has 0 saturated heterocycles. The lowest BCUT2D eigenvalue weighted by molar-refractivity contribution is 0.0992. The first kappa shape index (κ1) is 21.2. The Hall–Kier alpha value is -3.03. The van der Waals surface area contributed by atoms with E-state index in [1.807, 2.05) is 48.1 Å². The van der Waals surface area contributed by atoms with Gasteiger partial charge >= 0.3 is 0 Å². The Morgan fingerprint density at radius 1 is 1.23 bits per heavy atom. The van der Waals surface area contributed by atoms with Crippen molar-refractivity contribution in [1.82, 2.24) is 9.78 Å². The summed E-state index contributed by atoms with van der Waals surface area (Å²) in [6.07, 6.45) is 3.63. The molecule has 0 bridgehead atoms. The van der Waals surface area contributed by atoms with Crippen molar-refractivity contribution < 1.29 is 13.9 Å². The van der Waals surface area contributed by atoms with Gasteiger partial charge in [0.05, 0.1) is 17.2 Å². The van der Waals surface area contributed by atoms with Gasteiger partial charge in [0, 0.05) is 16.9 Å². The molecule has 158 valence electrons. The fourth-order valence-electron chi connectivity index (χ4n) is 2.99. The minimum absolute atomic E-state index is 0.212. The molecule has 0 aliphatic carbocycles. The number of ether oxygens (including phenoxy) is 1. The topological polar surface area (TPSA) is 69.3 Å². The van der Waals surface area contributed by atoms with Gasteiger partial charge in [-0.25, -0.2) is 0 Å². The van der Waals surface area contributed by atoms with Crippen LogP contribution in [0.2, 0.25) is 5.02 Å². The summed E-state index contributed by atoms with van der Waals surface area (Å²) < 4.78 is 14.1. The number of nitrogens with one attached hydrogen (secondary N) is 1. The van der Waals surface area contributed by atoms with Crippen LogP contribution >= 0.6 is 27.5 Å². The number of anilines is 1. The molecule has 4 aromatic rings. The number of hydrogen-bond acceptors (Lipinski definition) is 4. The molecule has 6 nitrogen and oxygen atoms in total. The van der Waals surface area contributed by atoms with Gasteiger partial charge in [0.1, 0.15) is 18.1 Å². The van der Waals surface area contributed by atoms with E-state index in [4.69, 9.17) is 20.8 Å². The number of amides is 1. The zero-order valence-electron chi connectivity index (χ0n) is 16.6. The average Bonchev–Trinajstić information content (AvgIpc) is 3.38. The summed E-state index contributed by atoms with van der Waals surface area (Å²) in [6, 6.07) is 16.4. The van der Waals surface area contributed by atoms with Crippen LogP contribution in [0.5, 0.6) is 5.75 Å². The Bertz CT molecular complexity index is 1220. The number of halogens is 2. The van der Waals surface area contributed by atoms with Crippen molar-refractivity contribution in [2.45, 2.75) is 20.1 Å².